The van der Waals surface area contributed by atoms with E-state index < -0.39 is 5.69 Å². The van der Waals surface area contributed by atoms with Crippen LogP contribution in [0, 0.1) is 6.92 Å². The molecule has 0 saturated heterocycles. The Balaban J connectivity index is 2.48. The molecule has 2 aromatic rings. The molecule has 0 spiro atoms. The third kappa shape index (κ3) is 2.52. The molecule has 1 aromatic heterocycles. The lowest BCUT2D eigenvalue weighted by atomic mass is 10.2. The minimum absolute atomic E-state index is 0.123. The van der Waals surface area contributed by atoms with Gasteiger partial charge in [-0.1, -0.05) is 12.1 Å². The van der Waals surface area contributed by atoms with Gasteiger partial charge in [0.1, 0.15) is 6.54 Å². The van der Waals surface area contributed by atoms with Gasteiger partial charge in [0.15, 0.2) is 0 Å². The smallest absolute Gasteiger partial charge is 0.336 e. The van der Waals surface area contributed by atoms with Crippen molar-refractivity contribution in [1.29, 1.82) is 0 Å². The van der Waals surface area contributed by atoms with E-state index >= 15 is 0 Å². The van der Waals surface area contributed by atoms with Crippen molar-refractivity contribution in [2.24, 2.45) is 0 Å². The number of aryl methyl sites for hydroxylation is 1. The highest BCUT2D eigenvalue weighted by Gasteiger charge is 2.13. The first-order valence-corrected chi connectivity index (χ1v) is 5.81. The number of hydrogen-bond donors (Lipinski definition) is 2. The molecule has 2 N–H and O–H groups in total. The maximum Gasteiger partial charge on any atom is 0.336 e. The maximum absolute atomic E-state index is 12.1. The standard InChI is InChI=1S/C13H15N3O3/c1-9-4-3-5-10(6-9)16-12(18)8-15(13(16)19)7-11(17)14-2/h3-6,8,18H,7H2,1-2H3,(H,14,17). The number of likely N-dealkylation sites (N-methyl/N-ethyl adjacent to an activating group) is 1. The first-order valence-electron chi connectivity index (χ1n) is 5.81. The second kappa shape index (κ2) is 5.01. The van der Waals surface area contributed by atoms with Crippen LogP contribution < -0.4 is 11.0 Å². The Hall–Kier alpha value is -2.50. The van der Waals surface area contributed by atoms with E-state index in [0.717, 1.165) is 14.7 Å². The van der Waals surface area contributed by atoms with Gasteiger partial charge in [-0.25, -0.2) is 9.36 Å². The van der Waals surface area contributed by atoms with Crippen LogP contribution in [0.2, 0.25) is 0 Å². The highest BCUT2D eigenvalue weighted by atomic mass is 16.3. The number of rotatable bonds is 3. The molecular weight excluding hydrogens is 246 g/mol. The molecule has 0 fully saturated rings. The summed E-state index contributed by atoms with van der Waals surface area (Å²) in [7, 11) is 1.49. The molecular formula is C13H15N3O3. The van der Waals surface area contributed by atoms with Crippen LogP contribution in [0.15, 0.2) is 35.3 Å². The monoisotopic (exact) mass is 261 g/mol. The Labute approximate surface area is 109 Å². The zero-order valence-electron chi connectivity index (χ0n) is 10.8. The van der Waals surface area contributed by atoms with E-state index in [-0.39, 0.29) is 18.3 Å². The zero-order chi connectivity index (χ0) is 14.0. The van der Waals surface area contributed by atoms with E-state index in [2.05, 4.69) is 5.32 Å². The molecule has 1 aromatic carbocycles. The number of nitrogens with zero attached hydrogens (tertiary/aromatic N) is 2. The molecule has 6 nitrogen and oxygen atoms in total. The number of carbonyl (C=O) groups is 1. The van der Waals surface area contributed by atoms with Crippen molar-refractivity contribution in [2.75, 3.05) is 7.05 Å². The summed E-state index contributed by atoms with van der Waals surface area (Å²) in [6.07, 6.45) is 1.25. The molecule has 0 saturated carbocycles. The highest BCUT2D eigenvalue weighted by molar-refractivity contribution is 5.75. The van der Waals surface area contributed by atoms with Crippen LogP contribution in [0.3, 0.4) is 0 Å². The zero-order valence-corrected chi connectivity index (χ0v) is 10.8. The van der Waals surface area contributed by atoms with Crippen molar-refractivity contribution in [3.63, 3.8) is 0 Å². The van der Waals surface area contributed by atoms with Crippen LogP contribution in [0.1, 0.15) is 5.56 Å². The third-order valence-corrected chi connectivity index (χ3v) is 2.79. The number of aromatic hydroxyl groups is 1. The summed E-state index contributed by atoms with van der Waals surface area (Å²) in [4.78, 5) is 23.4. The Bertz CT molecular complexity index is 670. The fraction of sp³-hybridized carbons (Fsp3) is 0.231. The van der Waals surface area contributed by atoms with Crippen LogP contribution in [0.25, 0.3) is 5.69 Å². The van der Waals surface area contributed by atoms with E-state index in [1.165, 1.54) is 13.2 Å². The van der Waals surface area contributed by atoms with Crippen LogP contribution in [-0.2, 0) is 11.3 Å². The third-order valence-electron chi connectivity index (χ3n) is 2.79. The van der Waals surface area contributed by atoms with Gasteiger partial charge in [0.25, 0.3) is 0 Å². The van der Waals surface area contributed by atoms with Crippen molar-refractivity contribution in [1.82, 2.24) is 14.5 Å². The molecule has 0 unspecified atom stereocenters. The van der Waals surface area contributed by atoms with Crippen LogP contribution >= 0.6 is 0 Å². The summed E-state index contributed by atoms with van der Waals surface area (Å²) in [5, 5.41) is 12.3. The number of hydrogen-bond acceptors (Lipinski definition) is 3. The summed E-state index contributed by atoms with van der Waals surface area (Å²) in [5.74, 6) is -0.497. The molecule has 2 rings (SSSR count). The molecule has 0 bridgehead atoms. The lowest BCUT2D eigenvalue weighted by Crippen LogP contribution is -2.30. The van der Waals surface area contributed by atoms with Gasteiger partial charge in [0, 0.05) is 7.05 Å². The number of carbonyl (C=O) groups excluding carboxylic acids is 1. The van der Waals surface area contributed by atoms with Gasteiger partial charge in [-0.05, 0) is 24.6 Å². The van der Waals surface area contributed by atoms with Crippen molar-refractivity contribution >= 4 is 5.91 Å². The van der Waals surface area contributed by atoms with Gasteiger partial charge in [-0.2, -0.15) is 0 Å². The average molecular weight is 261 g/mol. The summed E-state index contributed by atoms with van der Waals surface area (Å²) >= 11 is 0. The van der Waals surface area contributed by atoms with E-state index in [0.29, 0.717) is 5.69 Å². The number of amides is 1. The lowest BCUT2D eigenvalue weighted by molar-refractivity contribution is -0.121. The van der Waals surface area contributed by atoms with Crippen molar-refractivity contribution in [2.45, 2.75) is 13.5 Å². The number of benzene rings is 1. The van der Waals surface area contributed by atoms with Crippen molar-refractivity contribution in [3.05, 3.63) is 46.5 Å². The second-order valence-corrected chi connectivity index (χ2v) is 4.25. The maximum atomic E-state index is 12.1. The average Bonchev–Trinajstić information content (AvgIpc) is 2.64. The topological polar surface area (TPSA) is 76.3 Å². The summed E-state index contributed by atoms with van der Waals surface area (Å²) in [6, 6.07) is 7.20. The Morgan fingerprint density at radius 3 is 2.79 bits per heavy atom. The Morgan fingerprint density at radius 1 is 1.42 bits per heavy atom. The van der Waals surface area contributed by atoms with Crippen LogP contribution in [0.4, 0.5) is 0 Å². The summed E-state index contributed by atoms with van der Waals surface area (Å²) in [5.41, 5.74) is 1.09. The lowest BCUT2D eigenvalue weighted by Gasteiger charge is -2.03. The van der Waals surface area contributed by atoms with E-state index in [1.54, 1.807) is 18.2 Å². The van der Waals surface area contributed by atoms with Gasteiger partial charge in [0.05, 0.1) is 11.9 Å². The minimum atomic E-state index is -0.452. The normalized spacial score (nSPS) is 10.4. The van der Waals surface area contributed by atoms with Crippen LogP contribution in [-0.4, -0.2) is 27.2 Å². The largest absolute Gasteiger partial charge is 0.493 e. The molecule has 1 heterocycles. The van der Waals surface area contributed by atoms with Gasteiger partial charge in [0.2, 0.25) is 11.8 Å². The summed E-state index contributed by atoms with van der Waals surface area (Å²) < 4.78 is 2.33. The molecule has 0 aliphatic carbocycles. The molecule has 0 atom stereocenters. The van der Waals surface area contributed by atoms with Crippen molar-refractivity contribution in [3.8, 4) is 11.6 Å². The predicted octanol–water partition coefficient (Wildman–Crippen LogP) is 0.399. The number of aromatic nitrogens is 2. The molecule has 0 aliphatic rings. The highest BCUT2D eigenvalue weighted by Crippen LogP contribution is 2.15. The van der Waals surface area contributed by atoms with Gasteiger partial charge >= 0.3 is 5.69 Å². The predicted molar refractivity (Wildman–Crippen MR) is 70.5 cm³/mol. The summed E-state index contributed by atoms with van der Waals surface area (Å²) in [6.45, 7) is 1.77. The molecule has 0 radical (unpaired) electrons. The molecule has 100 valence electrons. The van der Waals surface area contributed by atoms with E-state index in [9.17, 15) is 14.7 Å². The van der Waals surface area contributed by atoms with Gasteiger partial charge in [-0.3, -0.25) is 9.36 Å². The first kappa shape index (κ1) is 12.9. The first-order chi connectivity index (χ1) is 9.02. The van der Waals surface area contributed by atoms with E-state index in [4.69, 9.17) is 0 Å². The molecule has 0 aliphatic heterocycles. The fourth-order valence-corrected chi connectivity index (χ4v) is 1.84. The van der Waals surface area contributed by atoms with Gasteiger partial charge < -0.3 is 10.4 Å². The quantitative estimate of drug-likeness (QED) is 0.839. The fourth-order valence-electron chi connectivity index (χ4n) is 1.84. The minimum Gasteiger partial charge on any atom is -0.493 e. The second-order valence-electron chi connectivity index (χ2n) is 4.25. The molecule has 19 heavy (non-hydrogen) atoms. The number of imidazole rings is 1. The Kier molecular flexibility index (Phi) is 3.41. The van der Waals surface area contributed by atoms with Crippen molar-refractivity contribution < 1.29 is 9.90 Å². The molecule has 1 amide bonds. The Morgan fingerprint density at radius 2 is 2.16 bits per heavy atom. The van der Waals surface area contributed by atoms with Crippen LogP contribution in [0.5, 0.6) is 5.88 Å². The number of nitrogens with one attached hydrogen (secondary N) is 1. The van der Waals surface area contributed by atoms with Gasteiger partial charge in [-0.15, -0.1) is 0 Å². The molecule has 6 heteroatoms. The SMILES string of the molecule is CNC(=O)Cn1cc(O)n(-c2cccc(C)c2)c1=O. The van der Waals surface area contributed by atoms with E-state index in [1.807, 2.05) is 13.0 Å².